The van der Waals surface area contributed by atoms with Gasteiger partial charge in [-0.15, -0.1) is 0 Å². The second kappa shape index (κ2) is 3.44. The van der Waals surface area contributed by atoms with Crippen LogP contribution in [0, 0.1) is 0 Å². The summed E-state index contributed by atoms with van der Waals surface area (Å²) in [6.45, 7) is -0.0956. The van der Waals surface area contributed by atoms with Gasteiger partial charge >= 0.3 is 12.1 Å². The average molecular weight is 233 g/mol. The Kier molecular flexibility index (Phi) is 2.34. The standard InChI is InChI=1S/C9H6F3NO3/c10-9(11,12)7-1-4(8(14)15)5-2-16-3-6(5)13-7/h1H,2-3H2,(H,14,15). The van der Waals surface area contributed by atoms with Crippen molar-refractivity contribution in [3.63, 3.8) is 0 Å². The van der Waals surface area contributed by atoms with Crippen LogP contribution in [0.3, 0.4) is 0 Å². The lowest BCUT2D eigenvalue weighted by Gasteiger charge is -2.09. The minimum Gasteiger partial charge on any atom is -0.478 e. The molecule has 0 atom stereocenters. The van der Waals surface area contributed by atoms with Crippen molar-refractivity contribution in [2.75, 3.05) is 0 Å². The number of hydrogen-bond donors (Lipinski definition) is 1. The monoisotopic (exact) mass is 233 g/mol. The fraction of sp³-hybridized carbons (Fsp3) is 0.333. The molecule has 86 valence electrons. The summed E-state index contributed by atoms with van der Waals surface area (Å²) in [6, 6.07) is 0.538. The van der Waals surface area contributed by atoms with Crippen LogP contribution in [0.4, 0.5) is 13.2 Å². The fourth-order valence-electron chi connectivity index (χ4n) is 1.49. The lowest BCUT2D eigenvalue weighted by Crippen LogP contribution is -2.13. The zero-order valence-corrected chi connectivity index (χ0v) is 7.84. The van der Waals surface area contributed by atoms with E-state index in [1.54, 1.807) is 0 Å². The molecule has 0 unspecified atom stereocenters. The number of nitrogens with zero attached hydrogens (tertiary/aromatic N) is 1. The summed E-state index contributed by atoms with van der Waals surface area (Å²) in [5.41, 5.74) is -1.32. The van der Waals surface area contributed by atoms with Crippen molar-refractivity contribution in [1.82, 2.24) is 4.98 Å². The molecule has 0 fully saturated rings. The van der Waals surface area contributed by atoms with Gasteiger partial charge < -0.3 is 9.84 Å². The Balaban J connectivity index is 2.61. The molecular formula is C9H6F3NO3. The van der Waals surface area contributed by atoms with Crippen LogP contribution >= 0.6 is 0 Å². The molecule has 4 nitrogen and oxygen atoms in total. The van der Waals surface area contributed by atoms with Crippen LogP contribution in [0.5, 0.6) is 0 Å². The zero-order valence-electron chi connectivity index (χ0n) is 7.84. The van der Waals surface area contributed by atoms with Gasteiger partial charge in [0.2, 0.25) is 0 Å². The van der Waals surface area contributed by atoms with Crippen molar-refractivity contribution in [3.05, 3.63) is 28.6 Å². The predicted molar refractivity (Wildman–Crippen MR) is 44.7 cm³/mol. The van der Waals surface area contributed by atoms with E-state index in [-0.39, 0.29) is 24.5 Å². The lowest BCUT2D eigenvalue weighted by atomic mass is 10.1. The van der Waals surface area contributed by atoms with Gasteiger partial charge in [-0.25, -0.2) is 9.78 Å². The number of carboxylic acids is 1. The molecule has 16 heavy (non-hydrogen) atoms. The topological polar surface area (TPSA) is 59.4 Å². The summed E-state index contributed by atoms with van der Waals surface area (Å²) in [6.07, 6.45) is -4.65. The van der Waals surface area contributed by atoms with Gasteiger partial charge in [0.1, 0.15) is 5.69 Å². The third-order valence-electron chi connectivity index (χ3n) is 2.22. The van der Waals surface area contributed by atoms with Crippen molar-refractivity contribution < 1.29 is 27.8 Å². The molecule has 0 radical (unpaired) electrons. The maximum absolute atomic E-state index is 12.4. The first kappa shape index (κ1) is 10.9. The normalized spacial score (nSPS) is 14.9. The summed E-state index contributed by atoms with van der Waals surface area (Å²) >= 11 is 0. The van der Waals surface area contributed by atoms with Crippen LogP contribution in [0.25, 0.3) is 0 Å². The minimum atomic E-state index is -4.65. The van der Waals surface area contributed by atoms with Crippen molar-refractivity contribution in [1.29, 1.82) is 0 Å². The summed E-state index contributed by atoms with van der Waals surface area (Å²) in [5.74, 6) is -1.41. The second-order valence-corrected chi connectivity index (χ2v) is 3.28. The molecule has 0 spiro atoms. The van der Waals surface area contributed by atoms with Gasteiger partial charge in [-0.1, -0.05) is 0 Å². The Hall–Kier alpha value is -1.63. The fourth-order valence-corrected chi connectivity index (χ4v) is 1.49. The highest BCUT2D eigenvalue weighted by Crippen LogP contribution is 2.32. The number of halogens is 3. The SMILES string of the molecule is O=C(O)c1cc(C(F)(F)F)nc2c1COC2. The van der Waals surface area contributed by atoms with Crippen LogP contribution in [0.15, 0.2) is 6.07 Å². The lowest BCUT2D eigenvalue weighted by molar-refractivity contribution is -0.141. The van der Waals surface area contributed by atoms with Crippen LogP contribution in [-0.2, 0) is 24.1 Å². The molecule has 1 N–H and O–H groups in total. The van der Waals surface area contributed by atoms with Gasteiger partial charge in [-0.2, -0.15) is 13.2 Å². The summed E-state index contributed by atoms with van der Waals surface area (Å²) in [5, 5.41) is 8.79. The van der Waals surface area contributed by atoms with Gasteiger partial charge in [0, 0.05) is 5.56 Å². The number of ether oxygens (including phenoxy) is 1. The number of carboxylic acid groups (broad SMARTS) is 1. The van der Waals surface area contributed by atoms with Crippen molar-refractivity contribution in [2.45, 2.75) is 19.4 Å². The zero-order chi connectivity index (χ0) is 11.9. The highest BCUT2D eigenvalue weighted by Gasteiger charge is 2.35. The number of alkyl halides is 3. The van der Waals surface area contributed by atoms with Gasteiger partial charge in [-0.05, 0) is 6.07 Å². The molecule has 1 aliphatic heterocycles. The van der Waals surface area contributed by atoms with Gasteiger partial charge in [-0.3, -0.25) is 0 Å². The van der Waals surface area contributed by atoms with E-state index < -0.39 is 23.4 Å². The first-order chi connectivity index (χ1) is 7.39. The van der Waals surface area contributed by atoms with E-state index in [4.69, 9.17) is 9.84 Å². The van der Waals surface area contributed by atoms with E-state index >= 15 is 0 Å². The number of aromatic nitrogens is 1. The molecule has 0 saturated carbocycles. The molecule has 0 amide bonds. The number of hydrogen-bond acceptors (Lipinski definition) is 3. The molecule has 1 aromatic heterocycles. The maximum atomic E-state index is 12.4. The Morgan fingerprint density at radius 2 is 2.12 bits per heavy atom. The second-order valence-electron chi connectivity index (χ2n) is 3.28. The first-order valence-corrected chi connectivity index (χ1v) is 4.30. The van der Waals surface area contributed by atoms with E-state index in [2.05, 4.69) is 4.98 Å². The van der Waals surface area contributed by atoms with Gasteiger partial charge in [0.05, 0.1) is 24.5 Å². The van der Waals surface area contributed by atoms with E-state index in [0.29, 0.717) is 6.07 Å². The number of rotatable bonds is 1. The summed E-state index contributed by atoms with van der Waals surface area (Å²) in [7, 11) is 0. The van der Waals surface area contributed by atoms with Crippen molar-refractivity contribution in [2.24, 2.45) is 0 Å². The molecule has 0 aliphatic carbocycles. The van der Waals surface area contributed by atoms with Crippen molar-refractivity contribution in [3.8, 4) is 0 Å². The Morgan fingerprint density at radius 1 is 1.44 bits per heavy atom. The van der Waals surface area contributed by atoms with Crippen LogP contribution in [0.2, 0.25) is 0 Å². The third-order valence-corrected chi connectivity index (χ3v) is 2.22. The summed E-state index contributed by atoms with van der Waals surface area (Å²) < 4.78 is 42.1. The molecule has 7 heteroatoms. The Bertz CT molecular complexity index is 456. The minimum absolute atomic E-state index is 0.0118. The van der Waals surface area contributed by atoms with Gasteiger partial charge in [0.15, 0.2) is 0 Å². The Morgan fingerprint density at radius 3 is 2.69 bits per heavy atom. The molecule has 0 saturated heterocycles. The van der Waals surface area contributed by atoms with E-state index in [9.17, 15) is 18.0 Å². The number of pyridine rings is 1. The van der Waals surface area contributed by atoms with E-state index in [0.717, 1.165) is 0 Å². The quantitative estimate of drug-likeness (QED) is 0.803. The highest BCUT2D eigenvalue weighted by atomic mass is 19.4. The largest absolute Gasteiger partial charge is 0.478 e. The van der Waals surface area contributed by atoms with E-state index in [1.165, 1.54) is 0 Å². The molecule has 0 bridgehead atoms. The third kappa shape index (κ3) is 1.73. The maximum Gasteiger partial charge on any atom is 0.433 e. The Labute approximate surface area is 87.7 Å². The summed E-state index contributed by atoms with van der Waals surface area (Å²) in [4.78, 5) is 14.1. The number of fused-ring (bicyclic) bond motifs is 1. The van der Waals surface area contributed by atoms with Gasteiger partial charge in [0.25, 0.3) is 0 Å². The molecule has 1 aliphatic rings. The smallest absolute Gasteiger partial charge is 0.433 e. The van der Waals surface area contributed by atoms with Crippen LogP contribution < -0.4 is 0 Å². The predicted octanol–water partition coefficient (Wildman–Crippen LogP) is 1.83. The van der Waals surface area contributed by atoms with E-state index in [1.807, 2.05) is 0 Å². The molecule has 2 rings (SSSR count). The first-order valence-electron chi connectivity index (χ1n) is 4.30. The number of aromatic carboxylic acids is 1. The molecule has 0 aromatic carbocycles. The van der Waals surface area contributed by atoms with Crippen molar-refractivity contribution >= 4 is 5.97 Å². The average Bonchev–Trinajstić information content (AvgIpc) is 2.61. The highest BCUT2D eigenvalue weighted by molar-refractivity contribution is 5.89. The molecular weight excluding hydrogens is 227 g/mol. The molecule has 1 aromatic rings. The molecule has 2 heterocycles. The van der Waals surface area contributed by atoms with Crippen LogP contribution in [0.1, 0.15) is 27.3 Å². The number of carbonyl (C=O) groups is 1. The van der Waals surface area contributed by atoms with Crippen LogP contribution in [-0.4, -0.2) is 16.1 Å².